The summed E-state index contributed by atoms with van der Waals surface area (Å²) in [5.41, 5.74) is 5.12. The number of pyridine rings is 1. The van der Waals surface area contributed by atoms with Gasteiger partial charge in [-0.05, 0) is 56.0 Å². The normalized spacial score (nSPS) is 16.1. The number of ether oxygens (including phenoxy) is 1. The molecular weight excluding hydrogens is 362 g/mol. The van der Waals surface area contributed by atoms with Crippen LogP contribution in [-0.4, -0.2) is 39.2 Å². The van der Waals surface area contributed by atoms with Crippen molar-refractivity contribution >= 4 is 5.69 Å². The lowest BCUT2D eigenvalue weighted by Crippen LogP contribution is -2.24. The van der Waals surface area contributed by atoms with E-state index >= 15 is 0 Å². The summed E-state index contributed by atoms with van der Waals surface area (Å²) in [5.74, 6) is 6.37. The van der Waals surface area contributed by atoms with E-state index < -0.39 is 0 Å². The van der Waals surface area contributed by atoms with Gasteiger partial charge in [0.15, 0.2) is 0 Å². The van der Waals surface area contributed by atoms with Crippen LogP contribution in [-0.2, 0) is 11.3 Å². The van der Waals surface area contributed by atoms with Crippen molar-refractivity contribution in [3.63, 3.8) is 0 Å². The number of nitrogens with zero attached hydrogens (tertiary/aromatic N) is 4. The fourth-order valence-corrected chi connectivity index (χ4v) is 3.46. The average Bonchev–Trinajstić information content (AvgIpc) is 3.21. The summed E-state index contributed by atoms with van der Waals surface area (Å²) in [7, 11) is 0. The van der Waals surface area contributed by atoms with Crippen LogP contribution in [0, 0.1) is 18.8 Å². The molecule has 0 amide bonds. The van der Waals surface area contributed by atoms with Gasteiger partial charge in [-0.15, -0.1) is 5.10 Å². The highest BCUT2D eigenvalue weighted by molar-refractivity contribution is 5.64. The third-order valence-electron chi connectivity index (χ3n) is 5.00. The highest BCUT2D eigenvalue weighted by Gasteiger charge is 2.16. The van der Waals surface area contributed by atoms with Crippen molar-refractivity contribution in [1.82, 2.24) is 20.0 Å². The zero-order chi connectivity index (χ0) is 19.9. The van der Waals surface area contributed by atoms with Crippen LogP contribution in [0.3, 0.4) is 0 Å². The van der Waals surface area contributed by atoms with E-state index in [0.717, 1.165) is 54.1 Å². The summed E-state index contributed by atoms with van der Waals surface area (Å²) in [6, 6.07) is 10.0. The highest BCUT2D eigenvalue weighted by atomic mass is 16.5. The second kappa shape index (κ2) is 9.35. The molecule has 2 aromatic heterocycles. The average molecular weight is 387 g/mol. The van der Waals surface area contributed by atoms with Crippen molar-refractivity contribution in [2.75, 3.05) is 18.5 Å². The van der Waals surface area contributed by atoms with Gasteiger partial charge in [-0.1, -0.05) is 23.1 Å². The van der Waals surface area contributed by atoms with Gasteiger partial charge >= 0.3 is 0 Å². The Bertz CT molecular complexity index is 997. The summed E-state index contributed by atoms with van der Waals surface area (Å²) in [6.45, 7) is 4.29. The molecule has 0 radical (unpaired) electrons. The minimum Gasteiger partial charge on any atom is -0.376 e. The molecule has 0 bridgehead atoms. The lowest BCUT2D eigenvalue weighted by atomic mass is 10.0. The van der Waals surface area contributed by atoms with Gasteiger partial charge in [0.2, 0.25) is 0 Å². The molecule has 1 atom stereocenters. The topological polar surface area (TPSA) is 64.9 Å². The molecule has 0 aliphatic carbocycles. The van der Waals surface area contributed by atoms with Gasteiger partial charge in [-0.3, -0.25) is 4.98 Å². The molecule has 0 unspecified atom stereocenters. The van der Waals surface area contributed by atoms with Gasteiger partial charge in [-0.2, -0.15) is 0 Å². The maximum atomic E-state index is 5.80. The molecule has 1 fully saturated rings. The van der Waals surface area contributed by atoms with Crippen molar-refractivity contribution in [2.24, 2.45) is 0 Å². The molecule has 1 N–H and O–H groups in total. The van der Waals surface area contributed by atoms with Crippen molar-refractivity contribution in [2.45, 2.75) is 38.8 Å². The van der Waals surface area contributed by atoms with E-state index in [0.29, 0.717) is 6.54 Å². The number of anilines is 1. The Morgan fingerprint density at radius 3 is 2.90 bits per heavy atom. The van der Waals surface area contributed by atoms with E-state index in [4.69, 9.17) is 4.74 Å². The Kier molecular flexibility index (Phi) is 6.18. The first-order chi connectivity index (χ1) is 14.3. The van der Waals surface area contributed by atoms with E-state index in [-0.39, 0.29) is 6.10 Å². The molecular formula is C23H25N5O. The molecule has 29 heavy (non-hydrogen) atoms. The molecule has 0 saturated carbocycles. The molecule has 1 saturated heterocycles. The number of rotatable bonds is 5. The molecule has 6 nitrogen and oxygen atoms in total. The van der Waals surface area contributed by atoms with E-state index in [1.165, 1.54) is 6.42 Å². The second-order valence-electron chi connectivity index (χ2n) is 7.24. The largest absolute Gasteiger partial charge is 0.376 e. The minimum atomic E-state index is 0.248. The number of benzene rings is 1. The number of hydrogen-bond acceptors (Lipinski definition) is 5. The van der Waals surface area contributed by atoms with E-state index in [1.807, 2.05) is 29.1 Å². The van der Waals surface area contributed by atoms with Crippen LogP contribution in [0.5, 0.6) is 0 Å². The van der Waals surface area contributed by atoms with Gasteiger partial charge < -0.3 is 10.1 Å². The Balaban J connectivity index is 1.38. The Morgan fingerprint density at radius 1 is 1.21 bits per heavy atom. The SMILES string of the molecule is Cc1cc(C#CCNc2ccncc2)ccc1-c1cn(C[C@H]2CCCCO2)nn1. The summed E-state index contributed by atoms with van der Waals surface area (Å²) in [6.07, 6.45) is 9.26. The van der Waals surface area contributed by atoms with Crippen LogP contribution in [0.25, 0.3) is 11.3 Å². The molecule has 1 aliphatic heterocycles. The molecule has 0 spiro atoms. The monoisotopic (exact) mass is 387 g/mol. The van der Waals surface area contributed by atoms with E-state index in [2.05, 4.69) is 51.5 Å². The molecule has 4 rings (SSSR count). The number of aryl methyl sites for hydroxylation is 1. The summed E-state index contributed by atoms with van der Waals surface area (Å²) < 4.78 is 7.69. The van der Waals surface area contributed by atoms with Crippen LogP contribution in [0.4, 0.5) is 5.69 Å². The smallest absolute Gasteiger partial charge is 0.113 e. The maximum Gasteiger partial charge on any atom is 0.113 e. The zero-order valence-corrected chi connectivity index (χ0v) is 16.6. The van der Waals surface area contributed by atoms with Gasteiger partial charge in [0, 0.05) is 35.8 Å². The summed E-state index contributed by atoms with van der Waals surface area (Å²) in [4.78, 5) is 4.00. The first-order valence-electron chi connectivity index (χ1n) is 10.0. The third-order valence-corrected chi connectivity index (χ3v) is 5.00. The predicted octanol–water partition coefficient (Wildman–Crippen LogP) is 3.68. The molecule has 1 aliphatic rings. The number of nitrogens with one attached hydrogen (secondary N) is 1. The molecule has 148 valence electrons. The van der Waals surface area contributed by atoms with Gasteiger partial charge in [-0.25, -0.2) is 4.68 Å². The van der Waals surface area contributed by atoms with Crippen molar-refractivity contribution in [3.05, 3.63) is 60.0 Å². The molecule has 6 heteroatoms. The van der Waals surface area contributed by atoms with Gasteiger partial charge in [0.25, 0.3) is 0 Å². The van der Waals surface area contributed by atoms with Crippen LogP contribution in [0.1, 0.15) is 30.4 Å². The highest BCUT2D eigenvalue weighted by Crippen LogP contribution is 2.22. The molecule has 3 aromatic rings. The Labute approximate surface area is 171 Å². The standard InChI is InChI=1S/C23H25N5O/c1-18-15-19(5-4-11-25-20-9-12-24-13-10-20)7-8-22(18)23-17-28(27-26-23)16-21-6-2-3-14-29-21/h7-10,12-13,15,17,21H,2-3,6,11,14,16H2,1H3,(H,24,25)/t21-/m1/s1. The Hall–Kier alpha value is -3.17. The Morgan fingerprint density at radius 2 is 2.10 bits per heavy atom. The van der Waals surface area contributed by atoms with Gasteiger partial charge in [0.05, 0.1) is 25.4 Å². The predicted molar refractivity (Wildman–Crippen MR) is 113 cm³/mol. The van der Waals surface area contributed by atoms with Gasteiger partial charge in [0.1, 0.15) is 5.69 Å². The lowest BCUT2D eigenvalue weighted by Gasteiger charge is -2.21. The number of aromatic nitrogens is 4. The van der Waals surface area contributed by atoms with Crippen LogP contribution in [0.15, 0.2) is 48.9 Å². The van der Waals surface area contributed by atoms with Crippen LogP contribution in [0.2, 0.25) is 0 Å². The van der Waals surface area contributed by atoms with Crippen molar-refractivity contribution in [3.8, 4) is 23.1 Å². The minimum absolute atomic E-state index is 0.248. The van der Waals surface area contributed by atoms with E-state index in [1.54, 1.807) is 12.4 Å². The summed E-state index contributed by atoms with van der Waals surface area (Å²) in [5, 5.41) is 11.9. The number of hydrogen-bond donors (Lipinski definition) is 1. The zero-order valence-electron chi connectivity index (χ0n) is 16.6. The summed E-state index contributed by atoms with van der Waals surface area (Å²) >= 11 is 0. The first-order valence-corrected chi connectivity index (χ1v) is 10.0. The molecule has 1 aromatic carbocycles. The second-order valence-corrected chi connectivity index (χ2v) is 7.24. The fraction of sp³-hybridized carbons (Fsp3) is 0.348. The van der Waals surface area contributed by atoms with E-state index in [9.17, 15) is 0 Å². The fourth-order valence-electron chi connectivity index (χ4n) is 3.46. The lowest BCUT2D eigenvalue weighted by molar-refractivity contribution is 0.00370. The van der Waals surface area contributed by atoms with Crippen molar-refractivity contribution in [1.29, 1.82) is 0 Å². The first kappa shape index (κ1) is 19.2. The molecule has 3 heterocycles. The van der Waals surface area contributed by atoms with Crippen LogP contribution < -0.4 is 5.32 Å². The third kappa shape index (κ3) is 5.21. The quantitative estimate of drug-likeness (QED) is 0.677. The van der Waals surface area contributed by atoms with Crippen LogP contribution >= 0.6 is 0 Å². The maximum absolute atomic E-state index is 5.80. The van der Waals surface area contributed by atoms with Crippen molar-refractivity contribution < 1.29 is 4.74 Å².